The van der Waals surface area contributed by atoms with Crippen molar-refractivity contribution in [3.63, 3.8) is 0 Å². The largest absolute Gasteiger partial charge is 0.488 e. The summed E-state index contributed by atoms with van der Waals surface area (Å²) in [6.45, 7) is 0.769. The smallest absolute Gasteiger partial charge is 0.283 e. The van der Waals surface area contributed by atoms with Crippen LogP contribution in [0.4, 0.5) is 22.0 Å². The maximum Gasteiger partial charge on any atom is 0.283 e. The third kappa shape index (κ3) is 5.06. The third-order valence-electron chi connectivity index (χ3n) is 7.32. The van der Waals surface area contributed by atoms with Crippen molar-refractivity contribution in [2.45, 2.75) is 43.9 Å². The molecule has 2 N–H and O–H groups in total. The van der Waals surface area contributed by atoms with Gasteiger partial charge in [-0.2, -0.15) is 0 Å². The Labute approximate surface area is 211 Å². The zero-order valence-corrected chi connectivity index (χ0v) is 20.5. The van der Waals surface area contributed by atoms with Gasteiger partial charge in [0.1, 0.15) is 30.1 Å². The number of nitrogens with zero attached hydrogens (tertiary/aromatic N) is 2. The summed E-state index contributed by atoms with van der Waals surface area (Å²) in [6.07, 6.45) is 0.563. The highest BCUT2D eigenvalue weighted by Gasteiger charge is 2.43. The van der Waals surface area contributed by atoms with Crippen LogP contribution in [0.1, 0.15) is 36.2 Å². The topological polar surface area (TPSA) is 51.7 Å². The summed E-state index contributed by atoms with van der Waals surface area (Å²) in [4.78, 5) is 6.56. The number of aromatic amines is 1. The van der Waals surface area contributed by atoms with Gasteiger partial charge in [0.2, 0.25) is 0 Å². The number of fused-ring (bicyclic) bond motifs is 3. The summed E-state index contributed by atoms with van der Waals surface area (Å²) < 4.78 is 78.2. The van der Waals surface area contributed by atoms with Gasteiger partial charge < -0.3 is 14.8 Å². The number of aliphatic hydroxyl groups is 1. The highest BCUT2D eigenvalue weighted by atomic mass is 19.3. The number of aliphatic hydroxyl groups excluding tert-OH is 1. The number of H-pyrrole nitrogens is 1. The van der Waals surface area contributed by atoms with Gasteiger partial charge in [-0.25, -0.2) is 17.6 Å². The molecule has 1 aromatic heterocycles. The van der Waals surface area contributed by atoms with E-state index in [1.54, 1.807) is 6.92 Å². The Morgan fingerprint density at radius 1 is 1.14 bits per heavy atom. The van der Waals surface area contributed by atoms with E-state index in [0.717, 1.165) is 28.6 Å². The Morgan fingerprint density at radius 2 is 1.84 bits per heavy atom. The van der Waals surface area contributed by atoms with Crippen molar-refractivity contribution in [1.29, 1.82) is 0 Å². The minimum atomic E-state index is -3.45. The molecule has 2 aliphatic heterocycles. The number of ether oxygens (including phenoxy) is 1. The lowest BCUT2D eigenvalue weighted by atomic mass is 9.87. The van der Waals surface area contributed by atoms with Crippen LogP contribution in [0.2, 0.25) is 0 Å². The van der Waals surface area contributed by atoms with E-state index in [-0.39, 0.29) is 17.4 Å². The third-order valence-corrected chi connectivity index (χ3v) is 7.32. The van der Waals surface area contributed by atoms with Crippen LogP contribution < -0.4 is 4.74 Å². The lowest BCUT2D eigenvalue weighted by molar-refractivity contribution is -0.0869. The Morgan fingerprint density at radius 3 is 2.51 bits per heavy atom. The Bertz CT molecular complexity index is 1240. The van der Waals surface area contributed by atoms with Crippen molar-refractivity contribution in [3.8, 4) is 5.75 Å². The highest BCUT2D eigenvalue weighted by Crippen LogP contribution is 2.44. The van der Waals surface area contributed by atoms with Gasteiger partial charge in [0, 0.05) is 60.0 Å². The molecule has 1 saturated heterocycles. The average molecular weight is 524 g/mol. The number of halogens is 5. The summed E-state index contributed by atoms with van der Waals surface area (Å²) in [5.74, 6) is -5.24. The quantitative estimate of drug-likeness (QED) is 0.395. The fourth-order valence-corrected chi connectivity index (χ4v) is 5.53. The molecule has 0 aliphatic carbocycles. The minimum Gasteiger partial charge on any atom is -0.488 e. The molecule has 0 saturated carbocycles. The molecule has 0 unspecified atom stereocenters. The first-order chi connectivity index (χ1) is 17.7. The van der Waals surface area contributed by atoms with Crippen molar-refractivity contribution in [2.75, 3.05) is 39.5 Å². The van der Waals surface area contributed by atoms with Crippen molar-refractivity contribution < 1.29 is 31.8 Å². The molecule has 5 rings (SSSR count). The van der Waals surface area contributed by atoms with Crippen molar-refractivity contribution in [1.82, 2.24) is 14.8 Å². The normalized spacial score (nSPS) is 21.3. The van der Waals surface area contributed by atoms with Gasteiger partial charge in [-0.15, -0.1) is 0 Å². The Hall–Kier alpha value is -2.69. The van der Waals surface area contributed by atoms with Gasteiger partial charge in [0.15, 0.2) is 0 Å². The molecule has 2 aliphatic rings. The van der Waals surface area contributed by atoms with E-state index in [2.05, 4.69) is 4.98 Å². The van der Waals surface area contributed by atoms with Gasteiger partial charge in [-0.3, -0.25) is 14.2 Å². The first kappa shape index (κ1) is 25.9. The van der Waals surface area contributed by atoms with E-state index in [4.69, 9.17) is 4.74 Å². The maximum atomic E-state index is 15.6. The van der Waals surface area contributed by atoms with Crippen LogP contribution in [0.15, 0.2) is 36.4 Å². The molecule has 2 aromatic carbocycles. The predicted octanol–water partition coefficient (Wildman–Crippen LogP) is 4.83. The Kier molecular flexibility index (Phi) is 7.17. The molecule has 0 amide bonds. The van der Waals surface area contributed by atoms with E-state index < -0.39 is 49.5 Å². The standard InChI is InChI=1S/C27H30F5N3O2/c1-16-9-20-19-5-2-3-6-23(19)33-25(20)26(35(16)14-27(31,32)15-36)24-21(29)10-17(11-22(24)30)37-18-12-34(13-18)8-4-7-28/h2-3,5-6,10-11,16,18,26,33,36H,4,7-9,12-15H2,1H3/t16-,26-/m1/s1. The monoisotopic (exact) mass is 523 g/mol. The highest BCUT2D eigenvalue weighted by molar-refractivity contribution is 5.85. The summed E-state index contributed by atoms with van der Waals surface area (Å²) >= 11 is 0. The van der Waals surface area contributed by atoms with Crippen LogP contribution in [0.25, 0.3) is 10.9 Å². The van der Waals surface area contributed by atoms with E-state index in [0.29, 0.717) is 38.2 Å². The lowest BCUT2D eigenvalue weighted by Gasteiger charge is -2.42. The summed E-state index contributed by atoms with van der Waals surface area (Å²) in [6, 6.07) is 7.96. The van der Waals surface area contributed by atoms with Gasteiger partial charge in [-0.1, -0.05) is 18.2 Å². The molecule has 10 heteroatoms. The average Bonchev–Trinajstić information content (AvgIpc) is 3.19. The zero-order valence-electron chi connectivity index (χ0n) is 20.5. The number of benzene rings is 2. The number of hydrogen-bond donors (Lipinski definition) is 2. The molecule has 0 radical (unpaired) electrons. The van der Waals surface area contributed by atoms with Crippen LogP contribution >= 0.6 is 0 Å². The summed E-state index contributed by atoms with van der Waals surface area (Å²) in [5.41, 5.74) is 1.70. The molecule has 3 heterocycles. The molecule has 1 fully saturated rings. The van der Waals surface area contributed by atoms with E-state index >= 15 is 8.78 Å². The molecule has 0 bridgehead atoms. The number of hydrogen-bond acceptors (Lipinski definition) is 4. The second-order valence-corrected chi connectivity index (χ2v) is 10.0. The first-order valence-electron chi connectivity index (χ1n) is 12.5. The van der Waals surface area contributed by atoms with Crippen LogP contribution in [-0.2, 0) is 6.42 Å². The van der Waals surface area contributed by atoms with E-state index in [9.17, 15) is 18.3 Å². The number of para-hydroxylation sites is 1. The lowest BCUT2D eigenvalue weighted by Crippen LogP contribution is -2.53. The van der Waals surface area contributed by atoms with Crippen molar-refractivity contribution in [3.05, 3.63) is 64.9 Å². The number of likely N-dealkylation sites (tertiary alicyclic amines) is 1. The second-order valence-electron chi connectivity index (χ2n) is 10.0. The van der Waals surface area contributed by atoms with Gasteiger partial charge >= 0.3 is 0 Å². The van der Waals surface area contributed by atoms with E-state index in [1.165, 1.54) is 4.90 Å². The van der Waals surface area contributed by atoms with Gasteiger partial charge in [-0.05, 0) is 31.4 Å². The molecular formula is C27H30F5N3O2. The van der Waals surface area contributed by atoms with Crippen LogP contribution in [0.3, 0.4) is 0 Å². The fraction of sp³-hybridized carbons (Fsp3) is 0.481. The first-order valence-corrected chi connectivity index (χ1v) is 12.5. The van der Waals surface area contributed by atoms with Gasteiger partial charge in [0.25, 0.3) is 5.92 Å². The van der Waals surface area contributed by atoms with Crippen LogP contribution in [-0.4, -0.2) is 77.4 Å². The number of rotatable bonds is 9. The molecule has 3 aromatic rings. The summed E-state index contributed by atoms with van der Waals surface area (Å²) in [5, 5.41) is 10.1. The zero-order chi connectivity index (χ0) is 26.3. The van der Waals surface area contributed by atoms with Crippen molar-refractivity contribution >= 4 is 10.9 Å². The molecular weight excluding hydrogens is 493 g/mol. The second kappa shape index (κ2) is 10.2. The van der Waals surface area contributed by atoms with Crippen LogP contribution in [0.5, 0.6) is 5.75 Å². The number of aromatic nitrogens is 1. The van der Waals surface area contributed by atoms with Crippen molar-refractivity contribution in [2.24, 2.45) is 0 Å². The maximum absolute atomic E-state index is 15.6. The SMILES string of the molecule is C[C@@H]1Cc2c([nH]c3ccccc23)[C@@H](c2c(F)cc(OC3CN(CCCF)C3)cc2F)N1CC(F)(F)CO. The molecule has 5 nitrogen and oxygen atoms in total. The fourth-order valence-electron chi connectivity index (χ4n) is 5.53. The van der Waals surface area contributed by atoms with Gasteiger partial charge in [0.05, 0.1) is 19.3 Å². The molecule has 0 spiro atoms. The van der Waals surface area contributed by atoms with Crippen LogP contribution in [0, 0.1) is 11.6 Å². The Balaban J connectivity index is 1.50. The molecule has 200 valence electrons. The number of nitrogens with one attached hydrogen (secondary N) is 1. The number of alkyl halides is 3. The van der Waals surface area contributed by atoms with E-state index in [1.807, 2.05) is 29.2 Å². The summed E-state index contributed by atoms with van der Waals surface area (Å²) in [7, 11) is 0. The molecule has 2 atom stereocenters. The molecule has 37 heavy (non-hydrogen) atoms. The minimum absolute atomic E-state index is 0.0156. The predicted molar refractivity (Wildman–Crippen MR) is 130 cm³/mol.